The van der Waals surface area contributed by atoms with Crippen LogP contribution in [0, 0.1) is 5.41 Å². The smallest absolute Gasteiger partial charge is 0.250 e. The van der Waals surface area contributed by atoms with Crippen molar-refractivity contribution in [3.63, 3.8) is 0 Å². The van der Waals surface area contributed by atoms with Gasteiger partial charge in [0.15, 0.2) is 0 Å². The van der Waals surface area contributed by atoms with Gasteiger partial charge in [-0.05, 0) is 5.41 Å². The van der Waals surface area contributed by atoms with Crippen molar-refractivity contribution in [3.05, 3.63) is 23.8 Å². The van der Waals surface area contributed by atoms with Gasteiger partial charge < -0.3 is 4.81 Å². The van der Waals surface area contributed by atoms with Crippen LogP contribution >= 0.6 is 0 Å². The van der Waals surface area contributed by atoms with Gasteiger partial charge in [0.1, 0.15) is 0 Å². The number of rotatable bonds is 3. The van der Waals surface area contributed by atoms with Gasteiger partial charge >= 0.3 is 0 Å². The fraction of sp³-hybridized carbons (Fsp3) is 0.333. The summed E-state index contributed by atoms with van der Waals surface area (Å²) in [7, 11) is 1.42. The lowest BCUT2D eigenvalue weighted by atomic mass is 9.99. The minimum atomic E-state index is -0.385. The maximum absolute atomic E-state index is 11.7. The van der Waals surface area contributed by atoms with Crippen LogP contribution in [0.5, 0.6) is 0 Å². The molecular formula is C12H16BN3O2. The molecule has 0 radical (unpaired) electrons. The highest BCUT2D eigenvalue weighted by Crippen LogP contribution is 2.18. The van der Waals surface area contributed by atoms with Gasteiger partial charge in [-0.2, -0.15) is 10.2 Å². The molecule has 1 rings (SSSR count). The van der Waals surface area contributed by atoms with E-state index in [9.17, 15) is 9.59 Å². The van der Waals surface area contributed by atoms with Crippen LogP contribution < -0.4 is 0 Å². The summed E-state index contributed by atoms with van der Waals surface area (Å²) in [6, 6.07) is 0. The minimum Gasteiger partial charge on any atom is -0.328 e. The first-order valence-corrected chi connectivity index (χ1v) is 5.54. The third kappa shape index (κ3) is 3.03. The predicted molar refractivity (Wildman–Crippen MR) is 74.1 cm³/mol. The van der Waals surface area contributed by atoms with Gasteiger partial charge in [-0.1, -0.05) is 33.4 Å². The topological polar surface area (TPSA) is 62.1 Å². The SMILES string of the molecule is BN1C(=O)C(C=C)=C(/C=N\N=C\C(C)(C)C)C1=O. The molecule has 0 aromatic rings. The highest BCUT2D eigenvalue weighted by Gasteiger charge is 2.32. The third-order valence-corrected chi connectivity index (χ3v) is 2.26. The molecule has 0 bridgehead atoms. The zero-order chi connectivity index (χ0) is 13.9. The van der Waals surface area contributed by atoms with Gasteiger partial charge in [0.25, 0.3) is 5.91 Å². The molecule has 0 aliphatic carbocycles. The molecule has 94 valence electrons. The standard InChI is InChI=1S/C12H16BN3O2/c1-5-8-9(11(18)16(13)10(8)17)6-14-15-7-12(2,3)4/h5-7H,1,13H2,2-4H3/b14-6-,15-7+. The molecule has 0 spiro atoms. The molecule has 1 aliphatic heterocycles. The molecule has 2 amide bonds. The van der Waals surface area contributed by atoms with Crippen molar-refractivity contribution in [3.8, 4) is 0 Å². The third-order valence-electron chi connectivity index (χ3n) is 2.26. The zero-order valence-electron chi connectivity index (χ0n) is 11.1. The summed E-state index contributed by atoms with van der Waals surface area (Å²) in [6.07, 6.45) is 4.32. The normalized spacial score (nSPS) is 17.6. The summed E-state index contributed by atoms with van der Waals surface area (Å²) in [6.45, 7) is 9.48. The summed E-state index contributed by atoms with van der Waals surface area (Å²) in [5.41, 5.74) is 0.403. The maximum Gasteiger partial charge on any atom is 0.250 e. The van der Waals surface area contributed by atoms with Crippen LogP contribution in [-0.2, 0) is 9.59 Å². The molecule has 0 N–H and O–H groups in total. The lowest BCUT2D eigenvalue weighted by molar-refractivity contribution is -0.131. The van der Waals surface area contributed by atoms with Crippen LogP contribution in [0.4, 0.5) is 0 Å². The number of imide groups is 1. The van der Waals surface area contributed by atoms with E-state index >= 15 is 0 Å². The average molecular weight is 245 g/mol. The molecule has 0 atom stereocenters. The van der Waals surface area contributed by atoms with E-state index in [1.807, 2.05) is 20.8 Å². The van der Waals surface area contributed by atoms with E-state index in [1.54, 1.807) is 6.21 Å². The Kier molecular flexibility index (Phi) is 4.01. The van der Waals surface area contributed by atoms with E-state index in [4.69, 9.17) is 0 Å². The van der Waals surface area contributed by atoms with Gasteiger partial charge in [0.05, 0.1) is 17.4 Å². The van der Waals surface area contributed by atoms with Crippen molar-refractivity contribution >= 4 is 32.2 Å². The molecule has 5 nitrogen and oxygen atoms in total. The largest absolute Gasteiger partial charge is 0.328 e. The Morgan fingerprint density at radius 1 is 1.17 bits per heavy atom. The van der Waals surface area contributed by atoms with Crippen LogP contribution in [0.3, 0.4) is 0 Å². The number of hydrogen-bond donors (Lipinski definition) is 0. The predicted octanol–water partition coefficient (Wildman–Crippen LogP) is 0.489. The van der Waals surface area contributed by atoms with Crippen LogP contribution in [0.25, 0.3) is 0 Å². The van der Waals surface area contributed by atoms with Gasteiger partial charge in [0.2, 0.25) is 13.9 Å². The Labute approximate surface area is 107 Å². The molecule has 0 saturated carbocycles. The van der Waals surface area contributed by atoms with E-state index in [1.165, 1.54) is 20.3 Å². The molecule has 0 aromatic heterocycles. The highest BCUT2D eigenvalue weighted by atomic mass is 16.2. The molecule has 0 aromatic carbocycles. The lowest BCUT2D eigenvalue weighted by Crippen LogP contribution is -2.28. The van der Waals surface area contributed by atoms with E-state index < -0.39 is 0 Å². The van der Waals surface area contributed by atoms with Crippen molar-refractivity contribution in [2.24, 2.45) is 15.6 Å². The Morgan fingerprint density at radius 3 is 2.22 bits per heavy atom. The molecule has 1 aliphatic rings. The summed E-state index contributed by atoms with van der Waals surface area (Å²) in [5, 5.41) is 7.65. The fourth-order valence-electron chi connectivity index (χ4n) is 1.30. The van der Waals surface area contributed by atoms with E-state index in [-0.39, 0.29) is 28.4 Å². The molecule has 0 fully saturated rings. The number of amides is 2. The second kappa shape index (κ2) is 5.12. The monoisotopic (exact) mass is 245 g/mol. The van der Waals surface area contributed by atoms with Crippen LogP contribution in [0.15, 0.2) is 34.0 Å². The molecule has 18 heavy (non-hydrogen) atoms. The Hall–Kier alpha value is -1.98. The lowest BCUT2D eigenvalue weighted by Gasteiger charge is -2.07. The van der Waals surface area contributed by atoms with Crippen LogP contribution in [0.1, 0.15) is 20.8 Å². The molecule has 1 heterocycles. The Morgan fingerprint density at radius 2 is 1.72 bits per heavy atom. The van der Waals surface area contributed by atoms with Crippen molar-refractivity contribution in [2.45, 2.75) is 20.8 Å². The molecule has 6 heteroatoms. The Balaban J connectivity index is 2.95. The minimum absolute atomic E-state index is 0.0840. The Bertz CT molecular complexity index is 484. The molecular weight excluding hydrogens is 229 g/mol. The maximum atomic E-state index is 11.7. The summed E-state index contributed by atoms with van der Waals surface area (Å²) in [5.74, 6) is -0.749. The average Bonchev–Trinajstić information content (AvgIpc) is 2.48. The second-order valence-electron chi connectivity index (χ2n) is 5.06. The van der Waals surface area contributed by atoms with Crippen LogP contribution in [-0.4, -0.2) is 37.0 Å². The van der Waals surface area contributed by atoms with Crippen molar-refractivity contribution in [2.75, 3.05) is 0 Å². The molecule has 0 unspecified atom stereocenters. The molecule has 0 saturated heterocycles. The fourth-order valence-corrected chi connectivity index (χ4v) is 1.30. The van der Waals surface area contributed by atoms with Gasteiger partial charge in [0, 0.05) is 6.21 Å². The first-order valence-electron chi connectivity index (χ1n) is 5.54. The first kappa shape index (κ1) is 14.1. The summed E-state index contributed by atoms with van der Waals surface area (Å²) in [4.78, 5) is 24.4. The highest BCUT2D eigenvalue weighted by molar-refractivity contribution is 6.40. The van der Waals surface area contributed by atoms with Gasteiger partial charge in [-0.25, -0.2) is 0 Å². The number of carbonyl (C=O) groups excluding carboxylic acids is 2. The van der Waals surface area contributed by atoms with E-state index in [0.717, 1.165) is 4.81 Å². The van der Waals surface area contributed by atoms with Crippen molar-refractivity contribution < 1.29 is 9.59 Å². The summed E-state index contributed by atoms with van der Waals surface area (Å²) < 4.78 is 0. The number of carbonyl (C=O) groups is 2. The number of nitrogens with zero attached hydrogens (tertiary/aromatic N) is 3. The van der Waals surface area contributed by atoms with Crippen molar-refractivity contribution in [1.29, 1.82) is 0 Å². The van der Waals surface area contributed by atoms with E-state index in [0.29, 0.717) is 0 Å². The van der Waals surface area contributed by atoms with E-state index in [2.05, 4.69) is 16.8 Å². The quantitative estimate of drug-likeness (QED) is 0.314. The first-order chi connectivity index (χ1) is 8.28. The van der Waals surface area contributed by atoms with Gasteiger partial charge in [-0.3, -0.25) is 9.59 Å². The number of hydrogen-bond acceptors (Lipinski definition) is 4. The zero-order valence-corrected chi connectivity index (χ0v) is 11.1. The van der Waals surface area contributed by atoms with Gasteiger partial charge in [-0.15, -0.1) is 0 Å². The summed E-state index contributed by atoms with van der Waals surface area (Å²) >= 11 is 0. The van der Waals surface area contributed by atoms with Crippen molar-refractivity contribution in [1.82, 2.24) is 4.81 Å². The van der Waals surface area contributed by atoms with Crippen LogP contribution in [0.2, 0.25) is 0 Å². The second-order valence-corrected chi connectivity index (χ2v) is 5.06.